The van der Waals surface area contributed by atoms with Crippen molar-refractivity contribution in [3.63, 3.8) is 0 Å². The molecule has 5 nitrogen and oxygen atoms in total. The van der Waals surface area contributed by atoms with Gasteiger partial charge < -0.3 is 14.1 Å². The van der Waals surface area contributed by atoms with Crippen LogP contribution in [0.5, 0.6) is 0 Å². The van der Waals surface area contributed by atoms with E-state index in [1.165, 1.54) is 24.6 Å². The van der Waals surface area contributed by atoms with Crippen molar-refractivity contribution >= 4 is 17.6 Å². The molecule has 3 heterocycles. The lowest BCUT2D eigenvalue weighted by molar-refractivity contribution is -0.116. The Balaban J connectivity index is 1.62. The van der Waals surface area contributed by atoms with Crippen LogP contribution in [0.15, 0.2) is 53.4 Å². The predicted molar refractivity (Wildman–Crippen MR) is 74.7 cm³/mol. The fraction of sp³-hybridized carbons (Fsp3) is 0.0667. The molecule has 0 radical (unpaired) electrons. The minimum atomic E-state index is -0.336. The number of hydrogen-bond acceptors (Lipinski definition) is 3. The maximum absolute atomic E-state index is 13.1. The van der Waals surface area contributed by atoms with Gasteiger partial charge in [-0.2, -0.15) is 0 Å². The highest BCUT2D eigenvalue weighted by Gasteiger charge is 2.03. The van der Waals surface area contributed by atoms with E-state index in [1.807, 2.05) is 0 Å². The summed E-state index contributed by atoms with van der Waals surface area (Å²) in [6, 6.07) is 6.42. The van der Waals surface area contributed by atoms with Crippen molar-refractivity contribution in [1.82, 2.24) is 14.7 Å². The molecule has 0 atom stereocenters. The van der Waals surface area contributed by atoms with Crippen molar-refractivity contribution < 1.29 is 13.6 Å². The second kappa shape index (κ2) is 5.62. The average Bonchev–Trinajstić information content (AvgIpc) is 3.11. The first-order valence-electron chi connectivity index (χ1n) is 6.33. The van der Waals surface area contributed by atoms with Gasteiger partial charge in [-0.3, -0.25) is 4.79 Å². The zero-order valence-electron chi connectivity index (χ0n) is 11.0. The molecule has 0 saturated heterocycles. The molecule has 0 aliphatic rings. The number of halogens is 1. The molecule has 3 aromatic heterocycles. The van der Waals surface area contributed by atoms with Crippen LogP contribution in [0, 0.1) is 5.82 Å². The molecule has 0 unspecified atom stereocenters. The van der Waals surface area contributed by atoms with Crippen molar-refractivity contribution in [1.29, 1.82) is 0 Å². The number of imidazole rings is 1. The van der Waals surface area contributed by atoms with Crippen LogP contribution in [0.25, 0.3) is 11.7 Å². The van der Waals surface area contributed by atoms with Gasteiger partial charge in [0.25, 0.3) is 0 Å². The van der Waals surface area contributed by atoms with Gasteiger partial charge in [0, 0.05) is 18.5 Å². The molecule has 106 valence electrons. The van der Waals surface area contributed by atoms with Gasteiger partial charge in [0.1, 0.15) is 17.2 Å². The molecule has 0 aliphatic heterocycles. The first-order valence-corrected chi connectivity index (χ1v) is 6.33. The largest absolute Gasteiger partial charge is 0.465 e. The van der Waals surface area contributed by atoms with Crippen molar-refractivity contribution in [2.75, 3.05) is 0 Å². The third-order valence-electron chi connectivity index (χ3n) is 2.85. The minimum Gasteiger partial charge on any atom is -0.465 e. The number of nitrogens with one attached hydrogen (secondary N) is 1. The zero-order valence-corrected chi connectivity index (χ0v) is 11.0. The zero-order chi connectivity index (χ0) is 14.7. The van der Waals surface area contributed by atoms with Gasteiger partial charge in [-0.25, -0.2) is 9.37 Å². The van der Waals surface area contributed by atoms with Gasteiger partial charge in [0.2, 0.25) is 5.91 Å². The Kier molecular flexibility index (Phi) is 3.51. The van der Waals surface area contributed by atoms with Crippen LogP contribution < -0.4 is 5.32 Å². The summed E-state index contributed by atoms with van der Waals surface area (Å²) < 4.78 is 19.7. The van der Waals surface area contributed by atoms with E-state index < -0.39 is 0 Å². The second-order valence-corrected chi connectivity index (χ2v) is 4.41. The summed E-state index contributed by atoms with van der Waals surface area (Å²) >= 11 is 0. The second-order valence-electron chi connectivity index (χ2n) is 4.41. The van der Waals surface area contributed by atoms with E-state index in [1.54, 1.807) is 34.9 Å². The van der Waals surface area contributed by atoms with E-state index >= 15 is 0 Å². The molecule has 1 amide bonds. The van der Waals surface area contributed by atoms with E-state index in [0.29, 0.717) is 17.1 Å². The summed E-state index contributed by atoms with van der Waals surface area (Å²) in [7, 11) is 0. The molecule has 3 rings (SSSR count). The predicted octanol–water partition coefficient (Wildman–Crippen LogP) is 2.40. The Labute approximate surface area is 119 Å². The molecule has 0 aliphatic carbocycles. The number of hydrogen-bond donors (Lipinski definition) is 1. The standard InChI is InChI=1S/C15H12FN3O2/c16-11-3-5-14-18-12(10-19(14)9-11)8-17-15(20)6-4-13-2-1-7-21-13/h1-7,9-10H,8H2,(H,17,20)/b6-4+. The molecule has 0 spiro atoms. The monoisotopic (exact) mass is 285 g/mol. The number of amides is 1. The quantitative estimate of drug-likeness (QED) is 0.749. The third kappa shape index (κ3) is 3.17. The van der Waals surface area contributed by atoms with Gasteiger partial charge in [0.15, 0.2) is 0 Å². The summed E-state index contributed by atoms with van der Waals surface area (Å²) in [5.74, 6) is 0.0138. The number of rotatable bonds is 4. The van der Waals surface area contributed by atoms with Gasteiger partial charge in [-0.1, -0.05) is 0 Å². The Hall–Kier alpha value is -2.89. The molecule has 0 aromatic carbocycles. The summed E-state index contributed by atoms with van der Waals surface area (Å²) in [5, 5.41) is 2.70. The molecule has 21 heavy (non-hydrogen) atoms. The van der Waals surface area contributed by atoms with Crippen LogP contribution in [0.1, 0.15) is 11.5 Å². The minimum absolute atomic E-state index is 0.255. The maximum Gasteiger partial charge on any atom is 0.244 e. The Morgan fingerprint density at radius 3 is 3.10 bits per heavy atom. The highest BCUT2D eigenvalue weighted by molar-refractivity contribution is 5.91. The van der Waals surface area contributed by atoms with E-state index in [-0.39, 0.29) is 18.3 Å². The molecular weight excluding hydrogens is 273 g/mol. The number of pyridine rings is 1. The van der Waals surface area contributed by atoms with E-state index in [9.17, 15) is 9.18 Å². The highest BCUT2D eigenvalue weighted by atomic mass is 19.1. The SMILES string of the molecule is O=C(/C=C/c1ccco1)NCc1cn2cc(F)ccc2n1. The molecule has 0 bridgehead atoms. The third-order valence-corrected chi connectivity index (χ3v) is 2.85. The van der Waals surface area contributed by atoms with Gasteiger partial charge in [0.05, 0.1) is 18.5 Å². The van der Waals surface area contributed by atoms with E-state index in [0.717, 1.165) is 0 Å². The molecule has 1 N–H and O–H groups in total. The van der Waals surface area contributed by atoms with Crippen LogP contribution >= 0.6 is 0 Å². The Bertz CT molecular complexity index is 790. The van der Waals surface area contributed by atoms with Crippen LogP contribution in [0.4, 0.5) is 4.39 Å². The normalized spacial score (nSPS) is 11.3. The Morgan fingerprint density at radius 1 is 1.38 bits per heavy atom. The fourth-order valence-electron chi connectivity index (χ4n) is 1.88. The molecule has 0 saturated carbocycles. The van der Waals surface area contributed by atoms with E-state index in [2.05, 4.69) is 10.3 Å². The van der Waals surface area contributed by atoms with Crippen LogP contribution in [-0.4, -0.2) is 15.3 Å². The van der Waals surface area contributed by atoms with Gasteiger partial charge >= 0.3 is 0 Å². The number of fused-ring (bicyclic) bond motifs is 1. The van der Waals surface area contributed by atoms with Crippen molar-refractivity contribution in [3.8, 4) is 0 Å². The first kappa shape index (κ1) is 13.1. The molecule has 0 fully saturated rings. The smallest absolute Gasteiger partial charge is 0.244 e. The lowest BCUT2D eigenvalue weighted by atomic mass is 10.4. The van der Waals surface area contributed by atoms with Crippen molar-refractivity contribution in [3.05, 3.63) is 66.3 Å². The van der Waals surface area contributed by atoms with Crippen molar-refractivity contribution in [2.24, 2.45) is 0 Å². The molecule has 6 heteroatoms. The Morgan fingerprint density at radius 2 is 2.29 bits per heavy atom. The topological polar surface area (TPSA) is 59.5 Å². The summed E-state index contributed by atoms with van der Waals surface area (Å²) in [5.41, 5.74) is 1.28. The lowest BCUT2D eigenvalue weighted by Gasteiger charge is -1.97. The van der Waals surface area contributed by atoms with Crippen LogP contribution in [-0.2, 0) is 11.3 Å². The number of aromatic nitrogens is 2. The number of nitrogens with zero attached hydrogens (tertiary/aromatic N) is 2. The fourth-order valence-corrected chi connectivity index (χ4v) is 1.88. The number of carbonyl (C=O) groups excluding carboxylic acids is 1. The number of carbonyl (C=O) groups is 1. The average molecular weight is 285 g/mol. The summed E-state index contributed by atoms with van der Waals surface area (Å²) in [6.07, 6.45) is 7.51. The maximum atomic E-state index is 13.1. The van der Waals surface area contributed by atoms with Crippen molar-refractivity contribution in [2.45, 2.75) is 6.54 Å². The van der Waals surface area contributed by atoms with Gasteiger partial charge in [-0.15, -0.1) is 0 Å². The van der Waals surface area contributed by atoms with Crippen LogP contribution in [0.3, 0.4) is 0 Å². The van der Waals surface area contributed by atoms with E-state index in [4.69, 9.17) is 4.42 Å². The van der Waals surface area contributed by atoms with Gasteiger partial charge in [-0.05, 0) is 30.3 Å². The highest BCUT2D eigenvalue weighted by Crippen LogP contribution is 2.07. The summed E-state index contributed by atoms with van der Waals surface area (Å²) in [4.78, 5) is 15.9. The van der Waals surface area contributed by atoms with Crippen LogP contribution in [0.2, 0.25) is 0 Å². The lowest BCUT2D eigenvalue weighted by Crippen LogP contribution is -2.20. The summed E-state index contributed by atoms with van der Waals surface area (Å²) in [6.45, 7) is 0.268. The molecule has 3 aromatic rings. The number of furan rings is 1. The molecular formula is C15H12FN3O2. The first-order chi connectivity index (χ1) is 10.2.